The minimum Gasteiger partial charge on any atom is -0.337 e. The van der Waals surface area contributed by atoms with Gasteiger partial charge in [-0.25, -0.2) is 9.97 Å². The molecule has 37 heavy (non-hydrogen) atoms. The second kappa shape index (κ2) is 10.1. The summed E-state index contributed by atoms with van der Waals surface area (Å²) in [7, 11) is 0. The van der Waals surface area contributed by atoms with Crippen molar-refractivity contribution in [1.82, 2.24) is 24.0 Å². The molecule has 1 aliphatic heterocycles. The zero-order valence-electron chi connectivity index (χ0n) is 20.4. The van der Waals surface area contributed by atoms with Crippen LogP contribution >= 0.6 is 11.3 Å². The number of fused-ring (bicyclic) bond motifs is 3. The molecule has 0 aliphatic carbocycles. The number of hydrogen-bond donors (Lipinski definition) is 0. The lowest BCUT2D eigenvalue weighted by Crippen LogP contribution is -2.39. The fraction of sp³-hybridized carbons (Fsp3) is 0.241. The maximum atomic E-state index is 13.9. The Hall–Kier alpha value is -4.04. The summed E-state index contributed by atoms with van der Waals surface area (Å²) in [5.41, 5.74) is 3.04. The fourth-order valence-corrected chi connectivity index (χ4v) is 6.35. The van der Waals surface area contributed by atoms with Crippen molar-refractivity contribution in [3.05, 3.63) is 118 Å². The van der Waals surface area contributed by atoms with E-state index >= 15 is 0 Å². The van der Waals surface area contributed by atoms with E-state index in [2.05, 4.69) is 9.97 Å². The third-order valence-electron chi connectivity index (χ3n) is 7.03. The molecule has 3 aromatic heterocycles. The van der Waals surface area contributed by atoms with Crippen molar-refractivity contribution in [2.45, 2.75) is 38.4 Å². The van der Waals surface area contributed by atoms with E-state index in [1.165, 1.54) is 11.3 Å². The Balaban J connectivity index is 1.26. The van der Waals surface area contributed by atoms with Gasteiger partial charge in [0, 0.05) is 36.9 Å². The molecule has 2 aromatic carbocycles. The Morgan fingerprint density at radius 2 is 1.70 bits per heavy atom. The van der Waals surface area contributed by atoms with Crippen LogP contribution in [0.3, 0.4) is 0 Å². The first-order valence-electron chi connectivity index (χ1n) is 12.5. The average Bonchev–Trinajstić information content (AvgIpc) is 3.59. The molecule has 5 aromatic rings. The Labute approximate surface area is 218 Å². The van der Waals surface area contributed by atoms with Crippen LogP contribution in [0.2, 0.25) is 0 Å². The molecule has 0 saturated carbocycles. The molecule has 0 fully saturated rings. The Bertz CT molecular complexity index is 1540. The SMILES string of the molecule is O=C(C(c1ccccc1)c1ccccc1)N1CCc2c(sc3ncn(CCCn4ccnc4)c(=O)c23)C1. The quantitative estimate of drug-likeness (QED) is 0.325. The number of imidazole rings is 1. The first-order valence-corrected chi connectivity index (χ1v) is 13.3. The van der Waals surface area contributed by atoms with Crippen molar-refractivity contribution < 1.29 is 4.79 Å². The minimum atomic E-state index is -0.357. The molecule has 0 N–H and O–H groups in total. The number of carbonyl (C=O) groups excluding carboxylic acids is 1. The molecular formula is C29H27N5O2S. The van der Waals surface area contributed by atoms with Gasteiger partial charge in [-0.15, -0.1) is 11.3 Å². The highest BCUT2D eigenvalue weighted by atomic mass is 32.1. The number of rotatable bonds is 7. The number of hydrogen-bond acceptors (Lipinski definition) is 5. The number of benzene rings is 2. The van der Waals surface area contributed by atoms with Gasteiger partial charge in [-0.05, 0) is 29.5 Å². The second-order valence-corrected chi connectivity index (χ2v) is 10.4. The zero-order valence-corrected chi connectivity index (χ0v) is 21.2. The summed E-state index contributed by atoms with van der Waals surface area (Å²) in [5.74, 6) is -0.269. The summed E-state index contributed by atoms with van der Waals surface area (Å²) in [6.45, 7) is 2.49. The second-order valence-electron chi connectivity index (χ2n) is 9.35. The first kappa shape index (κ1) is 23.4. The predicted molar refractivity (Wildman–Crippen MR) is 145 cm³/mol. The van der Waals surface area contributed by atoms with Crippen molar-refractivity contribution in [2.24, 2.45) is 0 Å². The summed E-state index contributed by atoms with van der Waals surface area (Å²) in [6.07, 6.45) is 8.60. The smallest absolute Gasteiger partial charge is 0.262 e. The van der Waals surface area contributed by atoms with Gasteiger partial charge in [0.1, 0.15) is 4.83 Å². The Morgan fingerprint density at radius 1 is 0.973 bits per heavy atom. The van der Waals surface area contributed by atoms with E-state index < -0.39 is 0 Å². The van der Waals surface area contributed by atoms with E-state index in [9.17, 15) is 9.59 Å². The topological polar surface area (TPSA) is 73.0 Å². The third-order valence-corrected chi connectivity index (χ3v) is 8.15. The molecule has 0 unspecified atom stereocenters. The largest absolute Gasteiger partial charge is 0.337 e. The lowest BCUT2D eigenvalue weighted by Gasteiger charge is -2.31. The number of thiophene rings is 1. The van der Waals surface area contributed by atoms with Gasteiger partial charge in [-0.1, -0.05) is 60.7 Å². The number of aryl methyl sites for hydroxylation is 2. The number of carbonyl (C=O) groups is 1. The number of nitrogens with zero attached hydrogens (tertiary/aromatic N) is 5. The first-order chi connectivity index (χ1) is 18.2. The molecule has 0 atom stereocenters. The van der Waals surface area contributed by atoms with Crippen LogP contribution in [-0.2, 0) is 30.8 Å². The molecule has 0 radical (unpaired) electrons. The van der Waals surface area contributed by atoms with Crippen molar-refractivity contribution in [3.8, 4) is 0 Å². The fourth-order valence-electron chi connectivity index (χ4n) is 5.16. The molecule has 4 heterocycles. The summed E-state index contributed by atoms with van der Waals surface area (Å²) in [6, 6.07) is 19.9. The average molecular weight is 510 g/mol. The van der Waals surface area contributed by atoms with Crippen molar-refractivity contribution in [1.29, 1.82) is 0 Å². The molecule has 0 bridgehead atoms. The number of aromatic nitrogens is 4. The molecule has 1 aliphatic rings. The highest BCUT2D eigenvalue weighted by Gasteiger charge is 2.32. The Morgan fingerprint density at radius 3 is 2.38 bits per heavy atom. The van der Waals surface area contributed by atoms with Crippen LogP contribution in [-0.4, -0.2) is 36.5 Å². The van der Waals surface area contributed by atoms with Gasteiger partial charge < -0.3 is 9.47 Å². The lowest BCUT2D eigenvalue weighted by atomic mass is 9.89. The van der Waals surface area contributed by atoms with E-state index in [0.717, 1.165) is 44.7 Å². The van der Waals surface area contributed by atoms with Crippen molar-refractivity contribution in [2.75, 3.05) is 6.54 Å². The molecule has 186 valence electrons. The van der Waals surface area contributed by atoms with E-state index in [4.69, 9.17) is 0 Å². The summed E-state index contributed by atoms with van der Waals surface area (Å²) < 4.78 is 3.72. The predicted octanol–water partition coefficient (Wildman–Crippen LogP) is 4.46. The monoisotopic (exact) mass is 509 g/mol. The van der Waals surface area contributed by atoms with Crippen LogP contribution in [0.25, 0.3) is 10.2 Å². The van der Waals surface area contributed by atoms with Crippen molar-refractivity contribution in [3.63, 3.8) is 0 Å². The van der Waals surface area contributed by atoms with Gasteiger partial charge in [0.05, 0.1) is 30.5 Å². The van der Waals surface area contributed by atoms with Crippen LogP contribution in [0.15, 0.2) is 90.5 Å². The maximum Gasteiger partial charge on any atom is 0.262 e. The van der Waals surface area contributed by atoms with Gasteiger partial charge in [0.15, 0.2) is 0 Å². The highest BCUT2D eigenvalue weighted by Crippen LogP contribution is 2.35. The zero-order chi connectivity index (χ0) is 25.2. The van der Waals surface area contributed by atoms with Gasteiger partial charge >= 0.3 is 0 Å². The Kier molecular flexibility index (Phi) is 6.40. The molecule has 7 nitrogen and oxygen atoms in total. The summed E-state index contributed by atoms with van der Waals surface area (Å²) >= 11 is 1.54. The molecule has 1 amide bonds. The molecule has 0 saturated heterocycles. The molecule has 6 rings (SSSR count). The van der Waals surface area contributed by atoms with Gasteiger partial charge in [-0.3, -0.25) is 14.2 Å². The molecule has 8 heteroatoms. The van der Waals surface area contributed by atoms with Crippen LogP contribution in [0.5, 0.6) is 0 Å². The lowest BCUT2D eigenvalue weighted by molar-refractivity contribution is -0.132. The summed E-state index contributed by atoms with van der Waals surface area (Å²) in [5, 5.41) is 0.722. The van der Waals surface area contributed by atoms with E-state index in [-0.39, 0.29) is 17.4 Å². The van der Waals surface area contributed by atoms with Crippen LogP contribution < -0.4 is 5.56 Å². The molecule has 0 spiro atoms. The van der Waals surface area contributed by atoms with Gasteiger partial charge in [-0.2, -0.15) is 0 Å². The van der Waals surface area contributed by atoms with Gasteiger partial charge in [0.2, 0.25) is 5.91 Å². The summed E-state index contributed by atoms with van der Waals surface area (Å²) in [4.78, 5) is 39.7. The maximum absolute atomic E-state index is 13.9. The molecular weight excluding hydrogens is 482 g/mol. The van der Waals surface area contributed by atoms with E-state index in [1.807, 2.05) is 76.3 Å². The third kappa shape index (κ3) is 4.60. The number of amides is 1. The van der Waals surface area contributed by atoms with Crippen LogP contribution in [0.1, 0.15) is 33.9 Å². The minimum absolute atomic E-state index is 0.0133. The normalized spacial score (nSPS) is 13.3. The van der Waals surface area contributed by atoms with E-state index in [1.54, 1.807) is 23.4 Å². The standard InChI is InChI=1S/C29H27N5O2S/c35-28(25(21-8-3-1-4-9-21)22-10-5-2-6-11-22)33-16-12-23-24(18-33)37-27-26(23)29(36)34(20-31-27)15-7-14-32-17-13-30-19-32/h1-6,8-11,13,17,19-20,25H,7,12,14-16,18H2. The van der Waals surface area contributed by atoms with Gasteiger partial charge in [0.25, 0.3) is 5.56 Å². The van der Waals surface area contributed by atoms with E-state index in [0.29, 0.717) is 26.1 Å². The van der Waals surface area contributed by atoms with Crippen LogP contribution in [0, 0.1) is 0 Å². The highest BCUT2D eigenvalue weighted by molar-refractivity contribution is 7.18. The van der Waals surface area contributed by atoms with Crippen molar-refractivity contribution >= 4 is 27.5 Å². The van der Waals surface area contributed by atoms with Crippen LogP contribution in [0.4, 0.5) is 0 Å².